The van der Waals surface area contributed by atoms with E-state index in [1.165, 1.54) is 0 Å². The summed E-state index contributed by atoms with van der Waals surface area (Å²) in [6.07, 6.45) is 0.976. The highest BCUT2D eigenvalue weighted by molar-refractivity contribution is 5.98. The third kappa shape index (κ3) is 7.07. The van der Waals surface area contributed by atoms with Crippen LogP contribution in [0, 0.1) is 0 Å². The molecule has 0 N–H and O–H groups in total. The number of ketones is 2. The molecule has 1 aliphatic heterocycles. The van der Waals surface area contributed by atoms with Gasteiger partial charge in [-0.3, -0.25) is 19.4 Å². The van der Waals surface area contributed by atoms with Crippen molar-refractivity contribution in [3.8, 4) is 0 Å². The lowest BCUT2D eigenvalue weighted by Gasteiger charge is -2.21. The number of hydrogen-bond acceptors (Lipinski definition) is 4. The molecule has 1 saturated heterocycles. The van der Waals surface area contributed by atoms with Gasteiger partial charge in [0.1, 0.15) is 0 Å². The highest BCUT2D eigenvalue weighted by Gasteiger charge is 2.19. The number of Topliss-reactive ketones (excluding diaryl/α,β-unsaturated/α-hetero) is 2. The van der Waals surface area contributed by atoms with Crippen LogP contribution in [0.2, 0.25) is 0 Å². The zero-order chi connectivity index (χ0) is 17.5. The average molecular weight is 409 g/mol. The molecule has 27 heavy (non-hydrogen) atoms. The van der Waals surface area contributed by atoms with E-state index in [0.29, 0.717) is 13.1 Å². The number of carbonyl (C=O) groups excluding carboxylic acids is 2. The second-order valence-electron chi connectivity index (χ2n) is 6.48. The van der Waals surface area contributed by atoms with Gasteiger partial charge in [-0.25, -0.2) is 0 Å². The third-order valence-electron chi connectivity index (χ3n) is 4.61. The van der Waals surface area contributed by atoms with E-state index in [0.717, 1.165) is 43.7 Å². The maximum Gasteiger partial charge on any atom is 0.176 e. The molecule has 0 unspecified atom stereocenters. The van der Waals surface area contributed by atoms with Crippen molar-refractivity contribution in [1.82, 2.24) is 9.80 Å². The molecule has 146 valence electrons. The number of rotatable bonds is 6. The Morgan fingerprint density at radius 1 is 0.630 bits per heavy atom. The fourth-order valence-electron chi connectivity index (χ4n) is 3.18. The quantitative estimate of drug-likeness (QED) is 0.684. The van der Waals surface area contributed by atoms with Gasteiger partial charge in [-0.1, -0.05) is 60.7 Å². The Labute approximate surface area is 173 Å². The van der Waals surface area contributed by atoms with Crippen LogP contribution in [0.4, 0.5) is 0 Å². The molecule has 0 saturated carbocycles. The molecule has 1 heterocycles. The molecule has 0 radical (unpaired) electrons. The molecule has 0 atom stereocenters. The molecule has 0 aromatic heterocycles. The van der Waals surface area contributed by atoms with Gasteiger partial charge in [0.2, 0.25) is 0 Å². The first-order valence-electron chi connectivity index (χ1n) is 8.83. The number of carbonyl (C=O) groups is 2. The lowest BCUT2D eigenvalue weighted by atomic mass is 10.1. The molecule has 2 aromatic carbocycles. The third-order valence-corrected chi connectivity index (χ3v) is 4.61. The van der Waals surface area contributed by atoms with E-state index >= 15 is 0 Å². The molecule has 2 aromatic rings. The Bertz CT molecular complexity index is 649. The van der Waals surface area contributed by atoms with Gasteiger partial charge in [-0.15, -0.1) is 24.8 Å². The van der Waals surface area contributed by atoms with Gasteiger partial charge in [0, 0.05) is 24.2 Å². The van der Waals surface area contributed by atoms with Gasteiger partial charge >= 0.3 is 0 Å². The van der Waals surface area contributed by atoms with E-state index < -0.39 is 0 Å². The minimum atomic E-state index is 0. The second kappa shape index (κ2) is 11.9. The molecular formula is C21H26Cl2N2O2. The van der Waals surface area contributed by atoms with Gasteiger partial charge < -0.3 is 0 Å². The minimum Gasteiger partial charge on any atom is -0.294 e. The maximum atomic E-state index is 12.4. The van der Waals surface area contributed by atoms with Gasteiger partial charge in [0.05, 0.1) is 13.1 Å². The van der Waals surface area contributed by atoms with E-state index in [9.17, 15) is 9.59 Å². The highest BCUT2D eigenvalue weighted by Crippen LogP contribution is 2.08. The fraction of sp³-hybridized carbons (Fsp3) is 0.333. The van der Waals surface area contributed by atoms with Crippen LogP contribution < -0.4 is 0 Å². The van der Waals surface area contributed by atoms with Gasteiger partial charge in [0.25, 0.3) is 0 Å². The summed E-state index contributed by atoms with van der Waals surface area (Å²) in [7, 11) is 0. The first-order valence-corrected chi connectivity index (χ1v) is 8.83. The Balaban J connectivity index is 0.00000182. The molecule has 0 aliphatic carbocycles. The molecule has 3 rings (SSSR count). The van der Waals surface area contributed by atoms with E-state index in [-0.39, 0.29) is 36.4 Å². The van der Waals surface area contributed by atoms with Crippen LogP contribution in [-0.4, -0.2) is 60.6 Å². The summed E-state index contributed by atoms with van der Waals surface area (Å²) in [6.45, 7) is 4.33. The van der Waals surface area contributed by atoms with Crippen LogP contribution >= 0.6 is 24.8 Å². The summed E-state index contributed by atoms with van der Waals surface area (Å²) in [4.78, 5) is 29.1. The fourth-order valence-corrected chi connectivity index (χ4v) is 3.18. The number of halogens is 2. The Morgan fingerprint density at radius 3 is 1.37 bits per heavy atom. The van der Waals surface area contributed by atoms with Crippen molar-refractivity contribution < 1.29 is 9.59 Å². The summed E-state index contributed by atoms with van der Waals surface area (Å²) < 4.78 is 0. The van der Waals surface area contributed by atoms with Crippen LogP contribution in [0.5, 0.6) is 0 Å². The largest absolute Gasteiger partial charge is 0.294 e. The molecule has 4 nitrogen and oxygen atoms in total. The molecule has 6 heteroatoms. The normalized spacial score (nSPS) is 15.1. The van der Waals surface area contributed by atoms with Crippen LogP contribution in [0.3, 0.4) is 0 Å². The van der Waals surface area contributed by atoms with Gasteiger partial charge in [-0.05, 0) is 19.5 Å². The van der Waals surface area contributed by atoms with Crippen LogP contribution in [0.1, 0.15) is 27.1 Å². The molecule has 0 amide bonds. The minimum absolute atomic E-state index is 0. The predicted octanol–water partition coefficient (Wildman–Crippen LogP) is 3.60. The van der Waals surface area contributed by atoms with Crippen LogP contribution in [0.15, 0.2) is 60.7 Å². The number of hydrogen-bond donors (Lipinski definition) is 0. The molecule has 1 aliphatic rings. The van der Waals surface area contributed by atoms with Gasteiger partial charge in [-0.2, -0.15) is 0 Å². The Morgan fingerprint density at radius 2 is 1.00 bits per heavy atom. The van der Waals surface area contributed by atoms with Crippen LogP contribution in [-0.2, 0) is 0 Å². The number of benzene rings is 2. The zero-order valence-electron chi connectivity index (χ0n) is 15.3. The summed E-state index contributed by atoms with van der Waals surface area (Å²) >= 11 is 0. The standard InChI is InChI=1S/C21H24N2O2.2ClH/c24-20(18-8-3-1-4-9-18)16-22-12-7-13-23(15-14-22)17-21(25)19-10-5-2-6-11-19;;/h1-6,8-11H,7,12-17H2;2*1H. The smallest absolute Gasteiger partial charge is 0.176 e. The lowest BCUT2D eigenvalue weighted by molar-refractivity contribution is 0.0910. The van der Waals surface area contributed by atoms with Crippen molar-refractivity contribution in [3.63, 3.8) is 0 Å². The highest BCUT2D eigenvalue weighted by atomic mass is 35.5. The summed E-state index contributed by atoms with van der Waals surface area (Å²) in [5.41, 5.74) is 1.53. The van der Waals surface area contributed by atoms with Crippen molar-refractivity contribution in [1.29, 1.82) is 0 Å². The summed E-state index contributed by atoms with van der Waals surface area (Å²) in [5.74, 6) is 0.323. The SMILES string of the molecule is Cl.Cl.O=C(CN1CCCN(CC(=O)c2ccccc2)CC1)c1ccccc1. The number of nitrogens with zero attached hydrogens (tertiary/aromatic N) is 2. The van der Waals surface area contributed by atoms with Crippen molar-refractivity contribution >= 4 is 36.4 Å². The van der Waals surface area contributed by atoms with E-state index in [1.807, 2.05) is 60.7 Å². The molecule has 1 fully saturated rings. The average Bonchev–Trinajstić information content (AvgIpc) is 2.88. The first kappa shape index (κ1) is 23.3. The Hall–Kier alpha value is -1.72. The monoisotopic (exact) mass is 408 g/mol. The second-order valence-corrected chi connectivity index (χ2v) is 6.48. The van der Waals surface area contributed by atoms with Crippen LogP contribution in [0.25, 0.3) is 0 Å². The van der Waals surface area contributed by atoms with E-state index in [4.69, 9.17) is 0 Å². The predicted molar refractivity (Wildman–Crippen MR) is 114 cm³/mol. The lowest BCUT2D eigenvalue weighted by Crippen LogP contribution is -2.36. The maximum absolute atomic E-state index is 12.4. The molecule has 0 spiro atoms. The Kier molecular flexibility index (Phi) is 10.3. The van der Waals surface area contributed by atoms with E-state index in [2.05, 4.69) is 9.80 Å². The van der Waals surface area contributed by atoms with Crippen molar-refractivity contribution in [3.05, 3.63) is 71.8 Å². The molecule has 0 bridgehead atoms. The first-order chi connectivity index (χ1) is 12.2. The topological polar surface area (TPSA) is 40.6 Å². The summed E-state index contributed by atoms with van der Waals surface area (Å²) in [5, 5.41) is 0. The van der Waals surface area contributed by atoms with Crippen molar-refractivity contribution in [2.75, 3.05) is 39.3 Å². The van der Waals surface area contributed by atoms with E-state index in [1.54, 1.807) is 0 Å². The zero-order valence-corrected chi connectivity index (χ0v) is 16.9. The van der Waals surface area contributed by atoms with Crippen molar-refractivity contribution in [2.24, 2.45) is 0 Å². The molecular weight excluding hydrogens is 383 g/mol. The van der Waals surface area contributed by atoms with Gasteiger partial charge in [0.15, 0.2) is 11.6 Å². The summed E-state index contributed by atoms with van der Waals surface area (Å²) in [6, 6.07) is 18.9. The van der Waals surface area contributed by atoms with Crippen molar-refractivity contribution in [2.45, 2.75) is 6.42 Å².